The molecule has 0 aliphatic carbocycles. The summed E-state index contributed by atoms with van der Waals surface area (Å²) in [5.74, 6) is -0.285. The first-order valence-corrected chi connectivity index (χ1v) is 8.00. The van der Waals surface area contributed by atoms with Gasteiger partial charge in [0.2, 0.25) is 0 Å². The van der Waals surface area contributed by atoms with Crippen LogP contribution in [-0.2, 0) is 20.7 Å². The molecule has 2 aromatic rings. The minimum atomic E-state index is -0.396. The van der Waals surface area contributed by atoms with Crippen molar-refractivity contribution in [1.29, 1.82) is 0 Å². The summed E-state index contributed by atoms with van der Waals surface area (Å²) >= 11 is 1.49. The van der Waals surface area contributed by atoms with Gasteiger partial charge in [0.15, 0.2) is 6.61 Å². The molecule has 1 amide bonds. The van der Waals surface area contributed by atoms with Crippen LogP contribution in [0.3, 0.4) is 0 Å². The molecule has 0 bridgehead atoms. The molecule has 0 aliphatic rings. The zero-order valence-electron chi connectivity index (χ0n) is 12.7. The lowest BCUT2D eigenvalue weighted by atomic mass is 10.0. The monoisotopic (exact) mass is 317 g/mol. The largest absolute Gasteiger partial charge is 0.455 e. The molecule has 0 aliphatic heterocycles. The molecular weight excluding hydrogens is 298 g/mol. The van der Waals surface area contributed by atoms with Gasteiger partial charge in [-0.3, -0.25) is 9.59 Å². The first kappa shape index (κ1) is 16.2. The van der Waals surface area contributed by atoms with Gasteiger partial charge in [-0.1, -0.05) is 32.0 Å². The molecule has 1 N–H and O–H groups in total. The summed E-state index contributed by atoms with van der Waals surface area (Å²) < 4.78 is 4.97. The highest BCUT2D eigenvalue weighted by Crippen LogP contribution is 2.17. The second-order valence-corrected chi connectivity index (χ2v) is 6.27. The summed E-state index contributed by atoms with van der Waals surface area (Å²) in [6.07, 6.45) is 0.202. The minimum absolute atomic E-state index is 0.202. The van der Waals surface area contributed by atoms with Crippen molar-refractivity contribution in [1.82, 2.24) is 0 Å². The zero-order valence-corrected chi connectivity index (χ0v) is 13.5. The van der Waals surface area contributed by atoms with Gasteiger partial charge < -0.3 is 10.1 Å². The van der Waals surface area contributed by atoms with E-state index >= 15 is 0 Å². The smallest absolute Gasteiger partial charge is 0.311 e. The third kappa shape index (κ3) is 5.00. The van der Waals surface area contributed by atoms with Crippen LogP contribution in [0.5, 0.6) is 0 Å². The number of ether oxygens (including phenoxy) is 1. The number of anilines is 1. The number of amides is 1. The first-order valence-electron chi connectivity index (χ1n) is 7.12. The SMILES string of the molecule is CC(C)c1ccc(NC(=O)COC(=O)Cc2cccs2)cc1. The lowest BCUT2D eigenvalue weighted by Gasteiger charge is -2.08. The molecular formula is C17H19NO3S. The molecule has 1 aromatic carbocycles. The van der Waals surface area contributed by atoms with Gasteiger partial charge in [0.1, 0.15) is 0 Å². The van der Waals surface area contributed by atoms with Crippen LogP contribution in [0.2, 0.25) is 0 Å². The van der Waals surface area contributed by atoms with E-state index in [1.165, 1.54) is 16.9 Å². The molecule has 0 atom stereocenters. The summed E-state index contributed by atoms with van der Waals surface area (Å²) in [4.78, 5) is 24.3. The van der Waals surface area contributed by atoms with Crippen LogP contribution in [0, 0.1) is 0 Å². The summed E-state index contributed by atoms with van der Waals surface area (Å²) in [6.45, 7) is 3.96. The van der Waals surface area contributed by atoms with Crippen molar-refractivity contribution < 1.29 is 14.3 Å². The van der Waals surface area contributed by atoms with Gasteiger partial charge in [0.25, 0.3) is 5.91 Å². The van der Waals surface area contributed by atoms with Gasteiger partial charge in [-0.25, -0.2) is 0 Å². The van der Waals surface area contributed by atoms with Crippen molar-refractivity contribution >= 4 is 28.9 Å². The Balaban J connectivity index is 1.76. The summed E-state index contributed by atoms with van der Waals surface area (Å²) in [7, 11) is 0. The van der Waals surface area contributed by atoms with Gasteiger partial charge in [-0.05, 0) is 35.1 Å². The summed E-state index contributed by atoms with van der Waals surface area (Å²) in [5.41, 5.74) is 1.91. The maximum Gasteiger partial charge on any atom is 0.311 e. The van der Waals surface area contributed by atoms with E-state index in [0.717, 1.165) is 4.88 Å². The van der Waals surface area contributed by atoms with Gasteiger partial charge in [-0.15, -0.1) is 11.3 Å². The molecule has 0 fully saturated rings. The maximum atomic E-state index is 11.8. The van der Waals surface area contributed by atoms with Gasteiger partial charge in [0, 0.05) is 10.6 Å². The Labute approximate surface area is 134 Å². The fourth-order valence-corrected chi connectivity index (χ4v) is 2.59. The highest BCUT2D eigenvalue weighted by atomic mass is 32.1. The van der Waals surface area contributed by atoms with Crippen LogP contribution in [0.4, 0.5) is 5.69 Å². The van der Waals surface area contributed by atoms with Gasteiger partial charge >= 0.3 is 5.97 Å². The normalized spacial score (nSPS) is 10.5. The number of carbonyl (C=O) groups excluding carboxylic acids is 2. The lowest BCUT2D eigenvalue weighted by molar-refractivity contribution is -0.146. The molecule has 0 unspecified atom stereocenters. The van der Waals surface area contributed by atoms with E-state index in [-0.39, 0.29) is 18.9 Å². The van der Waals surface area contributed by atoms with E-state index in [9.17, 15) is 9.59 Å². The van der Waals surface area contributed by atoms with E-state index < -0.39 is 5.97 Å². The Morgan fingerprint density at radius 2 is 1.91 bits per heavy atom. The molecule has 5 heteroatoms. The van der Waals surface area contributed by atoms with E-state index in [0.29, 0.717) is 11.6 Å². The summed E-state index contributed by atoms with van der Waals surface area (Å²) in [5, 5.41) is 4.61. The average Bonchev–Trinajstić information content (AvgIpc) is 2.98. The molecule has 0 saturated heterocycles. The predicted molar refractivity (Wildman–Crippen MR) is 88.1 cm³/mol. The van der Waals surface area contributed by atoms with Crippen LogP contribution < -0.4 is 5.32 Å². The number of thiophene rings is 1. The molecule has 1 aromatic heterocycles. The molecule has 22 heavy (non-hydrogen) atoms. The predicted octanol–water partition coefficient (Wildman–Crippen LogP) is 3.60. The second kappa shape index (κ2) is 7.75. The van der Waals surface area contributed by atoms with Crippen LogP contribution in [0.25, 0.3) is 0 Å². The number of rotatable bonds is 6. The van der Waals surface area contributed by atoms with Gasteiger partial charge in [-0.2, -0.15) is 0 Å². The van der Waals surface area contributed by atoms with Crippen molar-refractivity contribution in [3.05, 3.63) is 52.2 Å². The quantitative estimate of drug-likeness (QED) is 0.828. The minimum Gasteiger partial charge on any atom is -0.455 e. The van der Waals surface area contributed by atoms with Crippen LogP contribution in [0.1, 0.15) is 30.2 Å². The maximum absolute atomic E-state index is 11.8. The number of carbonyl (C=O) groups is 2. The van der Waals surface area contributed by atoms with E-state index in [4.69, 9.17) is 4.74 Å². The lowest BCUT2D eigenvalue weighted by Crippen LogP contribution is -2.21. The standard InChI is InChI=1S/C17H19NO3S/c1-12(2)13-5-7-14(8-6-13)18-16(19)11-21-17(20)10-15-4-3-9-22-15/h3-9,12H,10-11H2,1-2H3,(H,18,19). The molecule has 116 valence electrons. The third-order valence-electron chi connectivity index (χ3n) is 3.12. The van der Waals surface area contributed by atoms with Crippen molar-refractivity contribution in [2.24, 2.45) is 0 Å². The highest BCUT2D eigenvalue weighted by Gasteiger charge is 2.09. The molecule has 1 heterocycles. The molecule has 4 nitrogen and oxygen atoms in total. The third-order valence-corrected chi connectivity index (χ3v) is 4.00. The Hall–Kier alpha value is -2.14. The topological polar surface area (TPSA) is 55.4 Å². The van der Waals surface area contributed by atoms with E-state index in [1.54, 1.807) is 0 Å². The average molecular weight is 317 g/mol. The van der Waals surface area contributed by atoms with Crippen molar-refractivity contribution in [2.75, 3.05) is 11.9 Å². The fraction of sp³-hybridized carbons (Fsp3) is 0.294. The van der Waals surface area contributed by atoms with Crippen LogP contribution >= 0.6 is 11.3 Å². The molecule has 0 radical (unpaired) electrons. The van der Waals surface area contributed by atoms with Crippen LogP contribution in [-0.4, -0.2) is 18.5 Å². The molecule has 0 spiro atoms. The molecule has 0 saturated carbocycles. The second-order valence-electron chi connectivity index (χ2n) is 5.24. The van der Waals surface area contributed by atoms with Crippen molar-refractivity contribution in [2.45, 2.75) is 26.2 Å². The van der Waals surface area contributed by atoms with Crippen molar-refractivity contribution in [3.63, 3.8) is 0 Å². The fourth-order valence-electron chi connectivity index (χ4n) is 1.90. The zero-order chi connectivity index (χ0) is 15.9. The van der Waals surface area contributed by atoms with Crippen molar-refractivity contribution in [3.8, 4) is 0 Å². The van der Waals surface area contributed by atoms with Gasteiger partial charge in [0.05, 0.1) is 6.42 Å². The van der Waals surface area contributed by atoms with Crippen LogP contribution in [0.15, 0.2) is 41.8 Å². The highest BCUT2D eigenvalue weighted by molar-refractivity contribution is 7.10. The Morgan fingerprint density at radius 1 is 1.18 bits per heavy atom. The number of esters is 1. The Morgan fingerprint density at radius 3 is 2.50 bits per heavy atom. The number of hydrogen-bond donors (Lipinski definition) is 1. The summed E-state index contributed by atoms with van der Waals surface area (Å²) in [6, 6.07) is 11.4. The number of hydrogen-bond acceptors (Lipinski definition) is 4. The van der Waals surface area contributed by atoms with E-state index in [1.807, 2.05) is 41.8 Å². The number of benzene rings is 1. The van der Waals surface area contributed by atoms with E-state index in [2.05, 4.69) is 19.2 Å². The molecule has 2 rings (SSSR count). The number of nitrogens with one attached hydrogen (secondary N) is 1. The first-order chi connectivity index (χ1) is 10.5. The Kier molecular flexibility index (Phi) is 5.72. The Bertz CT molecular complexity index is 618.